The van der Waals surface area contributed by atoms with Crippen LogP contribution in [0.4, 0.5) is 10.1 Å². The van der Waals surface area contributed by atoms with E-state index in [9.17, 15) is 12.8 Å². The van der Waals surface area contributed by atoms with Gasteiger partial charge in [-0.15, -0.1) is 0 Å². The Bertz CT molecular complexity index is 1130. The largest absolute Gasteiger partial charge is 0.276 e. The first kappa shape index (κ1) is 20.1. The number of nitrogens with one attached hydrogen (secondary N) is 1. The van der Waals surface area contributed by atoms with Crippen molar-refractivity contribution in [2.45, 2.75) is 46.1 Å². The first-order chi connectivity index (χ1) is 13.1. The van der Waals surface area contributed by atoms with E-state index in [0.29, 0.717) is 33.8 Å². The Kier molecular flexibility index (Phi) is 5.30. The van der Waals surface area contributed by atoms with E-state index >= 15 is 0 Å². The van der Waals surface area contributed by atoms with Crippen molar-refractivity contribution in [1.29, 1.82) is 0 Å². The van der Waals surface area contributed by atoms with E-state index in [0.717, 1.165) is 5.56 Å². The molecule has 0 saturated carbocycles. The molecule has 0 unspecified atom stereocenters. The number of sulfonamides is 1. The summed E-state index contributed by atoms with van der Waals surface area (Å²) in [6.45, 7) is 9.24. The molecule has 28 heavy (non-hydrogen) atoms. The van der Waals surface area contributed by atoms with Crippen LogP contribution in [0.15, 0.2) is 41.3 Å². The Morgan fingerprint density at radius 1 is 1.04 bits per heavy atom. The maximum Gasteiger partial charge on any atom is 0.262 e. The summed E-state index contributed by atoms with van der Waals surface area (Å²) >= 11 is 0. The van der Waals surface area contributed by atoms with Crippen molar-refractivity contribution in [2.75, 3.05) is 4.72 Å². The first-order valence-corrected chi connectivity index (χ1v) is 10.5. The van der Waals surface area contributed by atoms with E-state index in [1.54, 1.807) is 50.6 Å². The molecule has 0 bridgehead atoms. The van der Waals surface area contributed by atoms with Gasteiger partial charge < -0.3 is 0 Å². The Balaban J connectivity index is 1.97. The molecule has 0 saturated heterocycles. The van der Waals surface area contributed by atoms with Crippen LogP contribution in [0.5, 0.6) is 0 Å². The molecule has 1 N–H and O–H groups in total. The van der Waals surface area contributed by atoms with Crippen molar-refractivity contribution in [3.8, 4) is 0 Å². The number of anilines is 1. The summed E-state index contributed by atoms with van der Waals surface area (Å²) in [7, 11) is -3.78. The van der Waals surface area contributed by atoms with Gasteiger partial charge in [-0.1, -0.05) is 35.9 Å². The van der Waals surface area contributed by atoms with Gasteiger partial charge in [-0.2, -0.15) is 5.10 Å². The molecule has 0 radical (unpaired) electrons. The topological polar surface area (TPSA) is 64.0 Å². The third kappa shape index (κ3) is 3.80. The summed E-state index contributed by atoms with van der Waals surface area (Å²) in [4.78, 5) is 0.277. The summed E-state index contributed by atoms with van der Waals surface area (Å²) in [6, 6.07) is 10.2. The highest BCUT2D eigenvalue weighted by Gasteiger charge is 2.23. The molecule has 5 nitrogen and oxygen atoms in total. The van der Waals surface area contributed by atoms with Crippen LogP contribution in [-0.2, 0) is 16.6 Å². The molecule has 0 amide bonds. The second-order valence-corrected chi connectivity index (χ2v) is 8.75. The zero-order valence-electron chi connectivity index (χ0n) is 16.7. The Morgan fingerprint density at radius 3 is 2.25 bits per heavy atom. The van der Waals surface area contributed by atoms with E-state index in [4.69, 9.17) is 0 Å². The predicted octanol–water partition coefficient (Wildman–Crippen LogP) is 4.41. The van der Waals surface area contributed by atoms with Gasteiger partial charge in [-0.25, -0.2) is 12.8 Å². The van der Waals surface area contributed by atoms with E-state index in [1.165, 1.54) is 6.07 Å². The first-order valence-electron chi connectivity index (χ1n) is 8.98. The molecule has 3 rings (SSSR count). The second kappa shape index (κ2) is 7.39. The van der Waals surface area contributed by atoms with Gasteiger partial charge in [-0.3, -0.25) is 9.40 Å². The molecule has 2 aromatic carbocycles. The summed E-state index contributed by atoms with van der Waals surface area (Å²) in [5, 5.41) is 4.41. The minimum Gasteiger partial charge on any atom is -0.276 e. The highest BCUT2D eigenvalue weighted by molar-refractivity contribution is 7.92. The zero-order valence-corrected chi connectivity index (χ0v) is 17.5. The average molecular weight is 402 g/mol. The van der Waals surface area contributed by atoms with Crippen LogP contribution in [0.2, 0.25) is 0 Å². The van der Waals surface area contributed by atoms with Gasteiger partial charge >= 0.3 is 0 Å². The third-order valence-corrected chi connectivity index (χ3v) is 6.42. The minimum atomic E-state index is -3.78. The number of aryl methyl sites for hydroxylation is 4. The van der Waals surface area contributed by atoms with Crippen LogP contribution in [0, 0.1) is 40.4 Å². The standard InChI is InChI=1S/C21H24FN3O2S/c1-13-10-14(2)21(15(3)11-13)28(26,27)24-20-16(4)23-25(17(20)5)12-18-8-6-7-9-19(18)22/h6-11,24H,12H2,1-5H3. The van der Waals surface area contributed by atoms with Gasteiger partial charge in [0.1, 0.15) is 5.82 Å². The molecule has 0 atom stereocenters. The van der Waals surface area contributed by atoms with Crippen molar-refractivity contribution in [2.24, 2.45) is 0 Å². The Hall–Kier alpha value is -2.67. The number of hydrogen-bond donors (Lipinski definition) is 1. The Labute approximate surface area is 165 Å². The number of nitrogens with zero attached hydrogens (tertiary/aromatic N) is 2. The second-order valence-electron chi connectivity index (χ2n) is 7.13. The quantitative estimate of drug-likeness (QED) is 0.689. The van der Waals surface area contributed by atoms with Crippen LogP contribution in [0.25, 0.3) is 0 Å². The molecule has 0 aliphatic rings. The fraction of sp³-hybridized carbons (Fsp3) is 0.286. The highest BCUT2D eigenvalue weighted by atomic mass is 32.2. The monoisotopic (exact) mass is 401 g/mol. The normalized spacial score (nSPS) is 11.6. The molecule has 1 aromatic heterocycles. The minimum absolute atomic E-state index is 0.226. The van der Waals surface area contributed by atoms with E-state index in [1.807, 2.05) is 19.1 Å². The fourth-order valence-electron chi connectivity index (χ4n) is 3.56. The Morgan fingerprint density at radius 2 is 1.64 bits per heavy atom. The van der Waals surface area contributed by atoms with Crippen LogP contribution < -0.4 is 4.72 Å². The molecule has 0 aliphatic carbocycles. The van der Waals surface area contributed by atoms with E-state index in [-0.39, 0.29) is 17.3 Å². The number of hydrogen-bond acceptors (Lipinski definition) is 3. The van der Waals surface area contributed by atoms with Gasteiger partial charge in [0, 0.05) is 5.56 Å². The molecule has 0 aliphatic heterocycles. The highest BCUT2D eigenvalue weighted by Crippen LogP contribution is 2.28. The van der Waals surface area contributed by atoms with Crippen LogP contribution in [0.3, 0.4) is 0 Å². The summed E-state index contributed by atoms with van der Waals surface area (Å²) in [6.07, 6.45) is 0. The number of aromatic nitrogens is 2. The van der Waals surface area contributed by atoms with Crippen LogP contribution in [0.1, 0.15) is 33.6 Å². The van der Waals surface area contributed by atoms with Crippen molar-refractivity contribution in [1.82, 2.24) is 9.78 Å². The molecule has 0 spiro atoms. The van der Waals surface area contributed by atoms with Gasteiger partial charge in [0.05, 0.1) is 28.5 Å². The maximum absolute atomic E-state index is 14.0. The summed E-state index contributed by atoms with van der Waals surface area (Å²) < 4.78 is 44.4. The van der Waals surface area contributed by atoms with Crippen LogP contribution in [-0.4, -0.2) is 18.2 Å². The summed E-state index contributed by atoms with van der Waals surface area (Å²) in [5.74, 6) is -0.317. The third-order valence-electron chi connectivity index (χ3n) is 4.77. The zero-order chi connectivity index (χ0) is 20.6. The predicted molar refractivity (Wildman–Crippen MR) is 109 cm³/mol. The van der Waals surface area contributed by atoms with Gasteiger partial charge in [-0.05, 0) is 51.8 Å². The lowest BCUT2D eigenvalue weighted by Crippen LogP contribution is -2.17. The van der Waals surface area contributed by atoms with Crippen molar-refractivity contribution in [3.05, 3.63) is 75.9 Å². The van der Waals surface area contributed by atoms with E-state index in [2.05, 4.69) is 9.82 Å². The fourth-order valence-corrected chi connectivity index (χ4v) is 5.19. The summed E-state index contributed by atoms with van der Waals surface area (Å²) in [5.41, 5.74) is 4.49. The number of benzene rings is 2. The van der Waals surface area contributed by atoms with Crippen molar-refractivity contribution >= 4 is 15.7 Å². The average Bonchev–Trinajstić information content (AvgIpc) is 2.83. The van der Waals surface area contributed by atoms with Crippen molar-refractivity contribution < 1.29 is 12.8 Å². The molecule has 148 valence electrons. The number of rotatable bonds is 5. The lowest BCUT2D eigenvalue weighted by molar-refractivity contribution is 0.579. The molecular formula is C21H24FN3O2S. The van der Waals surface area contributed by atoms with Gasteiger partial charge in [0.25, 0.3) is 10.0 Å². The van der Waals surface area contributed by atoms with Gasteiger partial charge in [0.2, 0.25) is 0 Å². The molecular weight excluding hydrogens is 377 g/mol. The van der Waals surface area contributed by atoms with Crippen molar-refractivity contribution in [3.63, 3.8) is 0 Å². The molecule has 3 aromatic rings. The molecule has 1 heterocycles. The van der Waals surface area contributed by atoms with Crippen LogP contribution >= 0.6 is 0 Å². The van der Waals surface area contributed by atoms with Gasteiger partial charge in [0.15, 0.2) is 0 Å². The lowest BCUT2D eigenvalue weighted by Gasteiger charge is -2.14. The lowest BCUT2D eigenvalue weighted by atomic mass is 10.1. The number of halogens is 1. The maximum atomic E-state index is 14.0. The molecule has 7 heteroatoms. The SMILES string of the molecule is Cc1cc(C)c(S(=O)(=O)Nc2c(C)nn(Cc3ccccc3F)c2C)c(C)c1. The van der Waals surface area contributed by atoms with E-state index < -0.39 is 10.0 Å². The molecule has 0 fully saturated rings. The smallest absolute Gasteiger partial charge is 0.262 e.